The number of azide groups is 1. The summed E-state index contributed by atoms with van der Waals surface area (Å²) in [6, 6.07) is 1.53. The van der Waals surface area contributed by atoms with Crippen LogP contribution in [0.1, 0.15) is 17.4 Å². The number of pyridine rings is 1. The van der Waals surface area contributed by atoms with Crippen molar-refractivity contribution in [2.45, 2.75) is 19.1 Å². The second-order valence-corrected chi connectivity index (χ2v) is 3.37. The molecule has 16 heavy (non-hydrogen) atoms. The lowest BCUT2D eigenvalue weighted by molar-refractivity contribution is 0.0242. The van der Waals surface area contributed by atoms with Crippen LogP contribution in [0.3, 0.4) is 0 Å². The number of aliphatic hydroxyl groups is 2. The highest BCUT2D eigenvalue weighted by Gasteiger charge is 2.18. The molecule has 1 aromatic rings. The van der Waals surface area contributed by atoms with E-state index in [9.17, 15) is 10.2 Å². The Morgan fingerprint density at radius 1 is 1.62 bits per heavy atom. The SMILES string of the molecule is Cc1ncc(C(O)C(O)CN=[N+]=[N-])cc1N. The van der Waals surface area contributed by atoms with E-state index in [2.05, 4.69) is 15.0 Å². The second kappa shape index (κ2) is 5.32. The zero-order valence-electron chi connectivity index (χ0n) is 8.78. The monoisotopic (exact) mass is 223 g/mol. The van der Waals surface area contributed by atoms with Gasteiger partial charge in [-0.3, -0.25) is 4.98 Å². The van der Waals surface area contributed by atoms with E-state index in [1.54, 1.807) is 6.92 Å². The lowest BCUT2D eigenvalue weighted by Crippen LogP contribution is -2.21. The first-order valence-electron chi connectivity index (χ1n) is 4.65. The van der Waals surface area contributed by atoms with Gasteiger partial charge in [-0.05, 0) is 18.5 Å². The summed E-state index contributed by atoms with van der Waals surface area (Å²) < 4.78 is 0. The van der Waals surface area contributed by atoms with Gasteiger partial charge in [0.2, 0.25) is 0 Å². The third-order valence-electron chi connectivity index (χ3n) is 2.19. The first-order valence-corrected chi connectivity index (χ1v) is 4.65. The summed E-state index contributed by atoms with van der Waals surface area (Å²) >= 11 is 0. The fraction of sp³-hybridized carbons (Fsp3) is 0.444. The number of hydrogen-bond donors (Lipinski definition) is 3. The van der Waals surface area contributed by atoms with Gasteiger partial charge in [-0.15, -0.1) is 0 Å². The van der Waals surface area contributed by atoms with Gasteiger partial charge in [-0.25, -0.2) is 0 Å². The summed E-state index contributed by atoms with van der Waals surface area (Å²) in [7, 11) is 0. The predicted octanol–water partition coefficient (Wildman–Crippen LogP) is 0.677. The van der Waals surface area contributed by atoms with Gasteiger partial charge in [0.1, 0.15) is 6.10 Å². The first-order chi connectivity index (χ1) is 7.56. The Morgan fingerprint density at radius 2 is 2.31 bits per heavy atom. The summed E-state index contributed by atoms with van der Waals surface area (Å²) in [6.07, 6.45) is -0.906. The number of hydrogen-bond acceptors (Lipinski definition) is 5. The zero-order chi connectivity index (χ0) is 12.1. The molecule has 0 aromatic carbocycles. The second-order valence-electron chi connectivity index (χ2n) is 3.37. The van der Waals surface area contributed by atoms with Crippen LogP contribution in [-0.4, -0.2) is 27.8 Å². The van der Waals surface area contributed by atoms with Crippen LogP contribution in [0, 0.1) is 6.92 Å². The van der Waals surface area contributed by atoms with Gasteiger partial charge in [0.25, 0.3) is 0 Å². The Labute approximate surface area is 92.2 Å². The molecule has 0 aliphatic carbocycles. The lowest BCUT2D eigenvalue weighted by atomic mass is 10.1. The Morgan fingerprint density at radius 3 is 2.88 bits per heavy atom. The fourth-order valence-electron chi connectivity index (χ4n) is 1.17. The van der Waals surface area contributed by atoms with Crippen molar-refractivity contribution in [1.82, 2.24) is 4.98 Å². The van der Waals surface area contributed by atoms with Crippen molar-refractivity contribution in [3.8, 4) is 0 Å². The molecule has 0 aliphatic heterocycles. The molecule has 0 saturated heterocycles. The molecule has 1 aromatic heterocycles. The number of aryl methyl sites for hydroxylation is 1. The van der Waals surface area contributed by atoms with Gasteiger partial charge >= 0.3 is 0 Å². The zero-order valence-corrected chi connectivity index (χ0v) is 8.78. The summed E-state index contributed by atoms with van der Waals surface area (Å²) in [5.74, 6) is 0. The lowest BCUT2D eigenvalue weighted by Gasteiger charge is -2.16. The van der Waals surface area contributed by atoms with Crippen molar-refractivity contribution >= 4 is 5.69 Å². The molecule has 0 bridgehead atoms. The average Bonchev–Trinajstić information content (AvgIpc) is 2.28. The van der Waals surface area contributed by atoms with E-state index < -0.39 is 12.2 Å². The summed E-state index contributed by atoms with van der Waals surface area (Å²) in [5, 5.41) is 22.4. The quantitative estimate of drug-likeness (QED) is 0.393. The van der Waals surface area contributed by atoms with Gasteiger partial charge in [-0.1, -0.05) is 5.11 Å². The fourth-order valence-corrected chi connectivity index (χ4v) is 1.17. The van der Waals surface area contributed by atoms with Crippen LogP contribution >= 0.6 is 0 Å². The molecule has 0 aliphatic rings. The van der Waals surface area contributed by atoms with E-state index >= 15 is 0 Å². The van der Waals surface area contributed by atoms with Crippen LogP contribution in [0.4, 0.5) is 5.69 Å². The minimum Gasteiger partial charge on any atom is -0.397 e. The molecule has 4 N–H and O–H groups in total. The van der Waals surface area contributed by atoms with Crippen molar-refractivity contribution < 1.29 is 10.2 Å². The van der Waals surface area contributed by atoms with E-state index in [0.29, 0.717) is 16.9 Å². The van der Waals surface area contributed by atoms with Crippen molar-refractivity contribution in [1.29, 1.82) is 0 Å². The Bertz CT molecular complexity index is 416. The maximum Gasteiger partial charge on any atom is 0.107 e. The highest BCUT2D eigenvalue weighted by Crippen LogP contribution is 2.20. The predicted molar refractivity (Wildman–Crippen MR) is 58.4 cm³/mol. The number of aliphatic hydroxyl groups excluding tert-OH is 2. The molecule has 1 heterocycles. The largest absolute Gasteiger partial charge is 0.397 e. The molecular weight excluding hydrogens is 210 g/mol. The number of rotatable bonds is 4. The molecule has 0 spiro atoms. The van der Waals surface area contributed by atoms with Gasteiger partial charge in [0.05, 0.1) is 24.0 Å². The van der Waals surface area contributed by atoms with Crippen LogP contribution in [0.5, 0.6) is 0 Å². The van der Waals surface area contributed by atoms with E-state index in [1.807, 2.05) is 0 Å². The topological polar surface area (TPSA) is 128 Å². The molecule has 0 fully saturated rings. The first kappa shape index (κ1) is 12.3. The minimum absolute atomic E-state index is 0.203. The van der Waals surface area contributed by atoms with Crippen molar-refractivity contribution in [3.05, 3.63) is 34.0 Å². The van der Waals surface area contributed by atoms with Gasteiger partial charge in [0.15, 0.2) is 0 Å². The van der Waals surface area contributed by atoms with Gasteiger partial charge < -0.3 is 15.9 Å². The summed E-state index contributed by atoms with van der Waals surface area (Å²) in [4.78, 5) is 6.46. The third kappa shape index (κ3) is 2.83. The molecule has 2 unspecified atom stereocenters. The normalized spacial score (nSPS) is 13.9. The Hall–Kier alpha value is -1.82. The van der Waals surface area contributed by atoms with Crippen LogP contribution in [0.2, 0.25) is 0 Å². The van der Waals surface area contributed by atoms with Crippen LogP contribution in [0.25, 0.3) is 10.4 Å². The third-order valence-corrected chi connectivity index (χ3v) is 2.19. The smallest absolute Gasteiger partial charge is 0.107 e. The summed E-state index contributed by atoms with van der Waals surface area (Å²) in [6.45, 7) is 1.54. The molecule has 0 radical (unpaired) electrons. The van der Waals surface area contributed by atoms with E-state index in [1.165, 1.54) is 12.3 Å². The maximum absolute atomic E-state index is 9.70. The number of nitrogens with zero attached hydrogens (tertiary/aromatic N) is 4. The Kier molecular flexibility index (Phi) is 4.07. The van der Waals surface area contributed by atoms with Crippen LogP contribution in [-0.2, 0) is 0 Å². The van der Waals surface area contributed by atoms with E-state index in [-0.39, 0.29) is 6.54 Å². The standard InChI is InChI=1S/C9H13N5O2/c1-5-7(10)2-6(3-12-5)9(16)8(15)4-13-14-11/h2-3,8-9,15-16H,4,10H2,1H3. The molecule has 0 saturated carbocycles. The van der Waals surface area contributed by atoms with Crippen molar-refractivity contribution in [3.63, 3.8) is 0 Å². The molecule has 1 rings (SSSR count). The molecule has 0 amide bonds. The number of nitrogen functional groups attached to an aromatic ring is 1. The minimum atomic E-state index is -1.17. The maximum atomic E-state index is 9.70. The number of aromatic nitrogens is 1. The number of anilines is 1. The molecule has 2 atom stereocenters. The van der Waals surface area contributed by atoms with Crippen molar-refractivity contribution in [2.75, 3.05) is 12.3 Å². The average molecular weight is 223 g/mol. The molecule has 86 valence electrons. The molecular formula is C9H13N5O2. The highest BCUT2D eigenvalue weighted by atomic mass is 16.3. The van der Waals surface area contributed by atoms with E-state index in [0.717, 1.165) is 0 Å². The summed E-state index contributed by atoms with van der Waals surface area (Å²) in [5.41, 5.74) is 15.2. The van der Waals surface area contributed by atoms with Crippen LogP contribution in [0.15, 0.2) is 17.4 Å². The van der Waals surface area contributed by atoms with Gasteiger partial charge in [-0.2, -0.15) is 0 Å². The van der Waals surface area contributed by atoms with Crippen molar-refractivity contribution in [2.24, 2.45) is 5.11 Å². The molecule has 7 nitrogen and oxygen atoms in total. The van der Waals surface area contributed by atoms with E-state index in [4.69, 9.17) is 11.3 Å². The highest BCUT2D eigenvalue weighted by molar-refractivity contribution is 5.44. The molecule has 7 heteroatoms. The van der Waals surface area contributed by atoms with Crippen LogP contribution < -0.4 is 5.73 Å². The Balaban J connectivity index is 2.82. The number of nitrogens with two attached hydrogens (primary N) is 1. The van der Waals surface area contributed by atoms with Gasteiger partial charge in [0, 0.05) is 16.7 Å².